The summed E-state index contributed by atoms with van der Waals surface area (Å²) in [7, 11) is 0. The van der Waals surface area contributed by atoms with E-state index in [1.165, 1.54) is 6.20 Å². The van der Waals surface area contributed by atoms with Crippen LogP contribution in [0.2, 0.25) is 0 Å². The minimum Gasteiger partial charge on any atom is -0.508 e. The summed E-state index contributed by atoms with van der Waals surface area (Å²) in [5.41, 5.74) is 8.44. The van der Waals surface area contributed by atoms with E-state index in [2.05, 4.69) is 4.98 Å². The number of aromatic amines is 1. The fourth-order valence-corrected chi connectivity index (χ4v) is 1.65. The smallest absolute Gasteiger partial charge is 0.116 e. The van der Waals surface area contributed by atoms with E-state index in [0.717, 1.165) is 22.2 Å². The second-order valence-corrected chi connectivity index (χ2v) is 3.25. The molecule has 0 fully saturated rings. The molecule has 2 rings (SSSR count). The van der Waals surface area contributed by atoms with E-state index in [4.69, 9.17) is 5.73 Å². The number of hydrogen-bond donors (Lipinski definition) is 3. The lowest BCUT2D eigenvalue weighted by Crippen LogP contribution is -1.79. The highest BCUT2D eigenvalue weighted by molar-refractivity contribution is 5.91. The number of aromatic hydroxyl groups is 1. The number of H-pyrrole nitrogens is 1. The Morgan fingerprint density at radius 2 is 2.21 bits per heavy atom. The first-order valence-corrected chi connectivity index (χ1v) is 4.42. The van der Waals surface area contributed by atoms with Gasteiger partial charge < -0.3 is 15.8 Å². The van der Waals surface area contributed by atoms with Crippen molar-refractivity contribution in [3.8, 4) is 5.75 Å². The number of aryl methyl sites for hydroxylation is 1. The van der Waals surface area contributed by atoms with Crippen LogP contribution < -0.4 is 5.73 Å². The summed E-state index contributed by atoms with van der Waals surface area (Å²) in [5.74, 6) is 0.267. The van der Waals surface area contributed by atoms with Gasteiger partial charge in [0.15, 0.2) is 0 Å². The molecule has 0 radical (unpaired) electrons. The molecule has 0 saturated carbocycles. The lowest BCUT2D eigenvalue weighted by Gasteiger charge is -1.94. The van der Waals surface area contributed by atoms with Gasteiger partial charge in [0, 0.05) is 22.2 Å². The third-order valence-electron chi connectivity index (χ3n) is 2.28. The molecule has 0 unspecified atom stereocenters. The highest BCUT2D eigenvalue weighted by Gasteiger charge is 2.05. The highest BCUT2D eigenvalue weighted by Crippen LogP contribution is 2.26. The third kappa shape index (κ3) is 1.23. The molecule has 0 aliphatic carbocycles. The molecule has 0 amide bonds. The van der Waals surface area contributed by atoms with Crippen molar-refractivity contribution in [1.29, 1.82) is 0 Å². The maximum absolute atomic E-state index is 9.36. The zero-order chi connectivity index (χ0) is 10.1. The van der Waals surface area contributed by atoms with Crippen LogP contribution in [-0.4, -0.2) is 10.1 Å². The predicted octanol–water partition coefficient (Wildman–Crippen LogP) is 2.11. The third-order valence-corrected chi connectivity index (χ3v) is 2.28. The van der Waals surface area contributed by atoms with Gasteiger partial charge in [-0.25, -0.2) is 0 Å². The Kier molecular flexibility index (Phi) is 1.93. The number of nitrogens with two attached hydrogens (primary N) is 1. The Labute approximate surface area is 81.9 Å². The van der Waals surface area contributed by atoms with Crippen molar-refractivity contribution in [3.63, 3.8) is 0 Å². The largest absolute Gasteiger partial charge is 0.508 e. The molecule has 3 nitrogen and oxygen atoms in total. The van der Waals surface area contributed by atoms with Crippen LogP contribution in [0.1, 0.15) is 11.3 Å². The van der Waals surface area contributed by atoms with Crippen LogP contribution in [0.3, 0.4) is 0 Å². The van der Waals surface area contributed by atoms with Crippen LogP contribution in [0.25, 0.3) is 17.0 Å². The molecule has 4 N–H and O–H groups in total. The first kappa shape index (κ1) is 8.69. The van der Waals surface area contributed by atoms with Gasteiger partial charge in [0.2, 0.25) is 0 Å². The van der Waals surface area contributed by atoms with E-state index in [1.807, 2.05) is 19.1 Å². The summed E-state index contributed by atoms with van der Waals surface area (Å²) in [5, 5.41) is 10.4. The lowest BCUT2D eigenvalue weighted by atomic mass is 10.1. The van der Waals surface area contributed by atoms with Crippen LogP contribution in [-0.2, 0) is 0 Å². The second kappa shape index (κ2) is 3.10. The van der Waals surface area contributed by atoms with Crippen LogP contribution in [0, 0.1) is 6.92 Å². The van der Waals surface area contributed by atoms with Crippen molar-refractivity contribution in [1.82, 2.24) is 4.98 Å². The standard InChI is InChI=1S/C11H12N2O/c1-7-9(4-5-12)10-6-8(14)2-3-11(10)13-7/h2-6,13-14H,12H2,1H3/b5-4+. The normalized spacial score (nSPS) is 11.5. The van der Waals surface area contributed by atoms with E-state index in [1.54, 1.807) is 12.1 Å². The summed E-state index contributed by atoms with van der Waals surface area (Å²) >= 11 is 0. The molecular formula is C11H12N2O. The molecule has 3 heteroatoms. The van der Waals surface area contributed by atoms with E-state index in [9.17, 15) is 5.11 Å². The average Bonchev–Trinajstić information content (AvgIpc) is 2.45. The molecule has 1 aromatic carbocycles. The van der Waals surface area contributed by atoms with E-state index in [0.29, 0.717) is 0 Å². The molecule has 0 bridgehead atoms. The second-order valence-electron chi connectivity index (χ2n) is 3.25. The summed E-state index contributed by atoms with van der Waals surface area (Å²) in [6.07, 6.45) is 3.33. The minimum atomic E-state index is 0.267. The zero-order valence-corrected chi connectivity index (χ0v) is 7.91. The van der Waals surface area contributed by atoms with Gasteiger partial charge in [0.1, 0.15) is 5.75 Å². The lowest BCUT2D eigenvalue weighted by molar-refractivity contribution is 0.476. The van der Waals surface area contributed by atoms with Gasteiger partial charge in [0.05, 0.1) is 0 Å². The Morgan fingerprint density at radius 1 is 1.43 bits per heavy atom. The Morgan fingerprint density at radius 3 is 2.93 bits per heavy atom. The molecule has 0 atom stereocenters. The number of phenols is 1. The molecular weight excluding hydrogens is 176 g/mol. The molecule has 72 valence electrons. The van der Waals surface area contributed by atoms with E-state index in [-0.39, 0.29) is 5.75 Å². The highest BCUT2D eigenvalue weighted by atomic mass is 16.3. The topological polar surface area (TPSA) is 62.0 Å². The van der Waals surface area contributed by atoms with Crippen molar-refractivity contribution in [2.24, 2.45) is 5.73 Å². The van der Waals surface area contributed by atoms with Crippen molar-refractivity contribution < 1.29 is 5.11 Å². The predicted molar refractivity (Wildman–Crippen MR) is 57.9 cm³/mol. The van der Waals surface area contributed by atoms with Gasteiger partial charge in [-0.3, -0.25) is 0 Å². The SMILES string of the molecule is Cc1[nH]c2ccc(O)cc2c1/C=C/N. The fraction of sp³-hybridized carbons (Fsp3) is 0.0909. The van der Waals surface area contributed by atoms with Gasteiger partial charge >= 0.3 is 0 Å². The van der Waals surface area contributed by atoms with Crippen LogP contribution in [0.5, 0.6) is 5.75 Å². The Balaban J connectivity index is 2.79. The Hall–Kier alpha value is -1.90. The van der Waals surface area contributed by atoms with Crippen LogP contribution in [0.4, 0.5) is 0 Å². The van der Waals surface area contributed by atoms with Crippen molar-refractivity contribution in [2.75, 3.05) is 0 Å². The van der Waals surface area contributed by atoms with Crippen LogP contribution >= 0.6 is 0 Å². The molecule has 0 aliphatic rings. The fourth-order valence-electron chi connectivity index (χ4n) is 1.65. The first-order valence-electron chi connectivity index (χ1n) is 4.42. The quantitative estimate of drug-likeness (QED) is 0.641. The van der Waals surface area contributed by atoms with Gasteiger partial charge in [-0.15, -0.1) is 0 Å². The molecule has 0 saturated heterocycles. The molecule has 1 heterocycles. The minimum absolute atomic E-state index is 0.267. The monoisotopic (exact) mass is 188 g/mol. The number of aromatic nitrogens is 1. The summed E-state index contributed by atoms with van der Waals surface area (Å²) in [4.78, 5) is 3.22. The number of benzene rings is 1. The van der Waals surface area contributed by atoms with Crippen molar-refractivity contribution >= 4 is 17.0 Å². The molecule has 0 spiro atoms. The summed E-state index contributed by atoms with van der Waals surface area (Å²) in [6, 6.07) is 5.24. The van der Waals surface area contributed by atoms with Crippen molar-refractivity contribution in [2.45, 2.75) is 6.92 Å². The van der Waals surface area contributed by atoms with Gasteiger partial charge in [-0.05, 0) is 37.4 Å². The average molecular weight is 188 g/mol. The van der Waals surface area contributed by atoms with Gasteiger partial charge in [-0.1, -0.05) is 0 Å². The van der Waals surface area contributed by atoms with Gasteiger partial charge in [-0.2, -0.15) is 0 Å². The van der Waals surface area contributed by atoms with Crippen LogP contribution in [0.15, 0.2) is 24.4 Å². The zero-order valence-electron chi connectivity index (χ0n) is 7.91. The number of phenolic OH excluding ortho intramolecular Hbond substituents is 1. The number of fused-ring (bicyclic) bond motifs is 1. The molecule has 2 aromatic rings. The van der Waals surface area contributed by atoms with E-state index < -0.39 is 0 Å². The Bertz CT molecular complexity index is 497. The van der Waals surface area contributed by atoms with Crippen molar-refractivity contribution in [3.05, 3.63) is 35.7 Å². The first-order chi connectivity index (χ1) is 6.72. The number of nitrogens with one attached hydrogen (secondary N) is 1. The maximum atomic E-state index is 9.36. The maximum Gasteiger partial charge on any atom is 0.116 e. The summed E-state index contributed by atoms with van der Waals surface area (Å²) in [6.45, 7) is 1.98. The molecule has 0 aliphatic heterocycles. The number of rotatable bonds is 1. The summed E-state index contributed by atoms with van der Waals surface area (Å²) < 4.78 is 0. The van der Waals surface area contributed by atoms with E-state index >= 15 is 0 Å². The molecule has 14 heavy (non-hydrogen) atoms. The molecule has 1 aromatic heterocycles. The number of hydrogen-bond acceptors (Lipinski definition) is 2. The van der Waals surface area contributed by atoms with Gasteiger partial charge in [0.25, 0.3) is 0 Å².